The van der Waals surface area contributed by atoms with Gasteiger partial charge in [0.2, 0.25) is 5.91 Å². The van der Waals surface area contributed by atoms with Crippen LogP contribution >= 0.6 is 0 Å². The fourth-order valence-electron chi connectivity index (χ4n) is 4.54. The minimum absolute atomic E-state index is 0.0115. The fourth-order valence-corrected chi connectivity index (χ4v) is 4.54. The number of aromatic nitrogens is 3. The molecule has 186 valence electrons. The summed E-state index contributed by atoms with van der Waals surface area (Å²) in [4.78, 5) is 19.3. The van der Waals surface area contributed by atoms with Crippen molar-refractivity contribution in [3.63, 3.8) is 0 Å². The molecule has 4 rings (SSSR count). The zero-order chi connectivity index (χ0) is 24.5. The Kier molecular flexibility index (Phi) is 8.97. The molecule has 0 bridgehead atoms. The number of amides is 1. The van der Waals surface area contributed by atoms with Crippen molar-refractivity contribution in [1.82, 2.24) is 25.0 Å². The Balaban J connectivity index is 1.26. The number of piperidine rings is 1. The number of methoxy groups -OCH3 is 1. The second kappa shape index (κ2) is 12.6. The fraction of sp³-hybridized carbons (Fsp3) is 0.444. The number of benzene rings is 2. The summed E-state index contributed by atoms with van der Waals surface area (Å²) in [6.07, 6.45) is 5.67. The van der Waals surface area contributed by atoms with Gasteiger partial charge in [-0.25, -0.2) is 14.1 Å². The Morgan fingerprint density at radius 3 is 2.60 bits per heavy atom. The molecule has 0 unspecified atom stereocenters. The summed E-state index contributed by atoms with van der Waals surface area (Å²) in [6, 6.07) is 17.0. The van der Waals surface area contributed by atoms with E-state index in [1.807, 2.05) is 29.2 Å². The summed E-state index contributed by atoms with van der Waals surface area (Å²) in [5.74, 6) is 0.540. The summed E-state index contributed by atoms with van der Waals surface area (Å²) in [5.41, 5.74) is 2.13. The summed E-state index contributed by atoms with van der Waals surface area (Å²) in [5, 5.41) is 7.86. The minimum Gasteiger partial charge on any atom is -0.384 e. The van der Waals surface area contributed by atoms with Gasteiger partial charge in [0.15, 0.2) is 5.82 Å². The van der Waals surface area contributed by atoms with E-state index in [4.69, 9.17) is 4.74 Å². The van der Waals surface area contributed by atoms with Gasteiger partial charge in [-0.05, 0) is 42.5 Å². The maximum atomic E-state index is 13.1. The van der Waals surface area contributed by atoms with Gasteiger partial charge in [-0.3, -0.25) is 4.79 Å². The highest BCUT2D eigenvalue weighted by molar-refractivity contribution is 5.76. The van der Waals surface area contributed by atoms with Gasteiger partial charge >= 0.3 is 0 Å². The number of halogens is 1. The smallest absolute Gasteiger partial charge is 0.222 e. The Bertz CT molecular complexity index is 1050. The lowest BCUT2D eigenvalue weighted by Crippen LogP contribution is -2.38. The van der Waals surface area contributed by atoms with E-state index in [-0.39, 0.29) is 17.8 Å². The van der Waals surface area contributed by atoms with Crippen molar-refractivity contribution in [3.8, 4) is 0 Å². The molecule has 0 spiro atoms. The molecule has 2 heterocycles. The molecule has 1 fully saturated rings. The van der Waals surface area contributed by atoms with Crippen LogP contribution in [0.1, 0.15) is 54.7 Å². The molecule has 1 amide bonds. The largest absolute Gasteiger partial charge is 0.384 e. The lowest BCUT2D eigenvalue weighted by molar-refractivity contribution is -0.122. The molecule has 35 heavy (non-hydrogen) atoms. The standard InChI is InChI=1S/C27H34FN5O2/c1-35-18-14-27(34)30-25(22-5-3-2-4-6-22)13-17-32-15-11-24(12-16-32)33-20-29-26(31-33)19-21-7-9-23(28)10-8-21/h2-10,20,24-25H,11-19H2,1H3,(H,30,34)/t25-/m0/s1. The maximum absolute atomic E-state index is 13.1. The van der Waals surface area contributed by atoms with Crippen LogP contribution < -0.4 is 5.32 Å². The van der Waals surface area contributed by atoms with Crippen LogP contribution in [0.2, 0.25) is 0 Å². The summed E-state index contributed by atoms with van der Waals surface area (Å²) < 4.78 is 20.2. The first-order valence-electron chi connectivity index (χ1n) is 12.3. The highest BCUT2D eigenvalue weighted by Crippen LogP contribution is 2.24. The first kappa shape index (κ1) is 25.0. The molecule has 1 saturated heterocycles. The van der Waals surface area contributed by atoms with Crippen LogP contribution in [0, 0.1) is 5.82 Å². The highest BCUT2D eigenvalue weighted by atomic mass is 19.1. The van der Waals surface area contributed by atoms with Crippen molar-refractivity contribution < 1.29 is 13.9 Å². The number of ether oxygens (including phenoxy) is 1. The van der Waals surface area contributed by atoms with Crippen molar-refractivity contribution in [2.45, 2.75) is 44.2 Å². The molecule has 1 N–H and O–H groups in total. The Morgan fingerprint density at radius 1 is 1.14 bits per heavy atom. The van der Waals surface area contributed by atoms with Crippen LogP contribution in [0.5, 0.6) is 0 Å². The van der Waals surface area contributed by atoms with E-state index in [2.05, 4.69) is 32.4 Å². The van der Waals surface area contributed by atoms with Crippen molar-refractivity contribution in [2.75, 3.05) is 33.4 Å². The molecule has 0 aliphatic carbocycles. The molecule has 0 saturated carbocycles. The predicted octanol–water partition coefficient (Wildman–Crippen LogP) is 3.93. The van der Waals surface area contributed by atoms with Crippen molar-refractivity contribution >= 4 is 5.91 Å². The molecule has 1 aromatic heterocycles. The summed E-state index contributed by atoms with van der Waals surface area (Å²) in [7, 11) is 1.61. The zero-order valence-corrected chi connectivity index (χ0v) is 20.3. The topological polar surface area (TPSA) is 72.3 Å². The average molecular weight is 480 g/mol. The minimum atomic E-state index is -0.234. The van der Waals surface area contributed by atoms with Crippen LogP contribution in [-0.4, -0.2) is 58.9 Å². The van der Waals surface area contributed by atoms with Crippen LogP contribution in [0.25, 0.3) is 0 Å². The number of carbonyl (C=O) groups is 1. The lowest BCUT2D eigenvalue weighted by atomic mass is 10.0. The van der Waals surface area contributed by atoms with Crippen LogP contribution in [0.3, 0.4) is 0 Å². The van der Waals surface area contributed by atoms with Crippen LogP contribution in [0.15, 0.2) is 60.9 Å². The molecule has 3 aromatic rings. The number of likely N-dealkylation sites (tertiary alicyclic amines) is 1. The van der Waals surface area contributed by atoms with Gasteiger partial charge in [0.25, 0.3) is 0 Å². The number of hydrogen-bond acceptors (Lipinski definition) is 5. The Hall–Kier alpha value is -3.10. The molecular formula is C27H34FN5O2. The molecular weight excluding hydrogens is 445 g/mol. The second-order valence-corrected chi connectivity index (χ2v) is 9.08. The number of hydrogen-bond donors (Lipinski definition) is 1. The van der Waals surface area contributed by atoms with Gasteiger partial charge in [-0.15, -0.1) is 0 Å². The molecule has 8 heteroatoms. The lowest BCUT2D eigenvalue weighted by Gasteiger charge is -2.33. The van der Waals surface area contributed by atoms with Crippen molar-refractivity contribution in [1.29, 1.82) is 0 Å². The third-order valence-corrected chi connectivity index (χ3v) is 6.57. The van der Waals surface area contributed by atoms with Gasteiger partial charge in [-0.2, -0.15) is 5.10 Å². The SMILES string of the molecule is COCCC(=O)N[C@@H](CCN1CCC(n2cnc(Cc3ccc(F)cc3)n2)CC1)c1ccccc1. The molecule has 1 aliphatic rings. The summed E-state index contributed by atoms with van der Waals surface area (Å²) >= 11 is 0. The molecule has 1 aliphatic heterocycles. The maximum Gasteiger partial charge on any atom is 0.222 e. The number of nitrogens with one attached hydrogen (secondary N) is 1. The van der Waals surface area contributed by atoms with Crippen LogP contribution in [-0.2, 0) is 16.0 Å². The van der Waals surface area contributed by atoms with Crippen molar-refractivity contribution in [2.24, 2.45) is 0 Å². The normalized spacial score (nSPS) is 15.7. The van der Waals surface area contributed by atoms with Gasteiger partial charge < -0.3 is 15.0 Å². The van der Waals surface area contributed by atoms with E-state index in [0.717, 1.165) is 55.8 Å². The average Bonchev–Trinajstić information content (AvgIpc) is 3.36. The molecule has 0 radical (unpaired) electrons. The van der Waals surface area contributed by atoms with Crippen LogP contribution in [0.4, 0.5) is 4.39 Å². The first-order valence-corrected chi connectivity index (χ1v) is 12.3. The van der Waals surface area contributed by atoms with E-state index in [0.29, 0.717) is 25.5 Å². The molecule has 1 atom stereocenters. The molecule has 7 nitrogen and oxygen atoms in total. The van der Waals surface area contributed by atoms with Crippen molar-refractivity contribution in [3.05, 3.63) is 83.7 Å². The van der Waals surface area contributed by atoms with Gasteiger partial charge in [0.1, 0.15) is 12.1 Å². The van der Waals surface area contributed by atoms with E-state index in [1.165, 1.54) is 12.1 Å². The predicted molar refractivity (Wildman–Crippen MR) is 132 cm³/mol. The van der Waals surface area contributed by atoms with Gasteiger partial charge in [-0.1, -0.05) is 42.5 Å². The second-order valence-electron chi connectivity index (χ2n) is 9.08. The van der Waals surface area contributed by atoms with Gasteiger partial charge in [0.05, 0.1) is 18.7 Å². The summed E-state index contributed by atoms with van der Waals surface area (Å²) in [6.45, 7) is 3.31. The third-order valence-electron chi connectivity index (χ3n) is 6.57. The third kappa shape index (κ3) is 7.44. The monoisotopic (exact) mass is 479 g/mol. The van der Waals surface area contributed by atoms with E-state index in [1.54, 1.807) is 19.2 Å². The highest BCUT2D eigenvalue weighted by Gasteiger charge is 2.23. The zero-order valence-electron chi connectivity index (χ0n) is 20.3. The Labute approximate surface area is 206 Å². The van der Waals surface area contributed by atoms with E-state index in [9.17, 15) is 9.18 Å². The first-order chi connectivity index (χ1) is 17.1. The number of rotatable bonds is 11. The van der Waals surface area contributed by atoms with E-state index < -0.39 is 0 Å². The quantitative estimate of drug-likeness (QED) is 0.451. The van der Waals surface area contributed by atoms with Gasteiger partial charge in [0, 0.05) is 39.6 Å². The molecule has 2 aromatic carbocycles. The Morgan fingerprint density at radius 2 is 1.89 bits per heavy atom. The number of nitrogens with zero attached hydrogens (tertiary/aromatic N) is 4. The van der Waals surface area contributed by atoms with E-state index >= 15 is 0 Å². The number of carbonyl (C=O) groups excluding carboxylic acids is 1.